The second-order valence-electron chi connectivity index (χ2n) is 6.45. The highest BCUT2D eigenvalue weighted by Gasteiger charge is 2.10. The first-order valence-electron chi connectivity index (χ1n) is 9.49. The second-order valence-corrected chi connectivity index (χ2v) is 7.74. The van der Waals surface area contributed by atoms with Crippen molar-refractivity contribution in [1.29, 1.82) is 0 Å². The predicted molar refractivity (Wildman–Crippen MR) is 110 cm³/mol. The van der Waals surface area contributed by atoms with Gasteiger partial charge < -0.3 is 20.1 Å². The topological polar surface area (TPSA) is 67.8 Å². The molecule has 1 aliphatic rings. The standard InChI is InChI=1S/C20H28N4O2S/c1-4-21-20(22-9-8-19-24-14(2)15(3)27-19)23-13-16-6-7-17-18(12-16)26-11-5-10-25-17/h6-7,12H,4-5,8-11,13H2,1-3H3,(H2,21,22,23). The van der Waals surface area contributed by atoms with Crippen molar-refractivity contribution >= 4 is 17.3 Å². The first-order valence-corrected chi connectivity index (χ1v) is 10.3. The van der Waals surface area contributed by atoms with Crippen molar-refractivity contribution in [2.75, 3.05) is 26.3 Å². The summed E-state index contributed by atoms with van der Waals surface area (Å²) < 4.78 is 11.4. The first-order chi connectivity index (χ1) is 13.2. The minimum Gasteiger partial charge on any atom is -0.490 e. The van der Waals surface area contributed by atoms with Crippen molar-refractivity contribution in [2.24, 2.45) is 4.99 Å². The zero-order valence-electron chi connectivity index (χ0n) is 16.3. The Morgan fingerprint density at radius 3 is 2.74 bits per heavy atom. The van der Waals surface area contributed by atoms with Crippen LogP contribution in [0, 0.1) is 13.8 Å². The van der Waals surface area contributed by atoms with Crippen molar-refractivity contribution in [2.45, 2.75) is 40.2 Å². The van der Waals surface area contributed by atoms with Crippen LogP contribution in [0.3, 0.4) is 0 Å². The Kier molecular flexibility index (Phi) is 6.92. The Morgan fingerprint density at radius 2 is 2.00 bits per heavy atom. The largest absolute Gasteiger partial charge is 0.490 e. The molecule has 2 aromatic rings. The van der Waals surface area contributed by atoms with Gasteiger partial charge in [0.15, 0.2) is 17.5 Å². The summed E-state index contributed by atoms with van der Waals surface area (Å²) in [7, 11) is 0. The van der Waals surface area contributed by atoms with Gasteiger partial charge in [0.1, 0.15) is 0 Å². The monoisotopic (exact) mass is 388 g/mol. The molecule has 27 heavy (non-hydrogen) atoms. The molecule has 7 heteroatoms. The van der Waals surface area contributed by atoms with E-state index in [4.69, 9.17) is 14.5 Å². The van der Waals surface area contributed by atoms with E-state index < -0.39 is 0 Å². The lowest BCUT2D eigenvalue weighted by atomic mass is 10.2. The molecule has 0 bridgehead atoms. The maximum atomic E-state index is 5.76. The van der Waals surface area contributed by atoms with Gasteiger partial charge in [0.05, 0.1) is 30.5 Å². The van der Waals surface area contributed by atoms with Gasteiger partial charge in [-0.05, 0) is 38.5 Å². The summed E-state index contributed by atoms with van der Waals surface area (Å²) in [6.07, 6.45) is 1.81. The Hall–Kier alpha value is -2.28. The van der Waals surface area contributed by atoms with E-state index in [0.717, 1.165) is 59.7 Å². The van der Waals surface area contributed by atoms with E-state index in [2.05, 4.69) is 36.4 Å². The molecule has 0 amide bonds. The molecule has 0 radical (unpaired) electrons. The van der Waals surface area contributed by atoms with Crippen LogP contribution in [0.15, 0.2) is 23.2 Å². The molecule has 1 aromatic heterocycles. The Labute approximate surface area is 165 Å². The number of thiazole rings is 1. The van der Waals surface area contributed by atoms with Crippen molar-refractivity contribution < 1.29 is 9.47 Å². The lowest BCUT2D eigenvalue weighted by Crippen LogP contribution is -2.38. The van der Waals surface area contributed by atoms with Crippen LogP contribution in [0.1, 0.15) is 34.5 Å². The van der Waals surface area contributed by atoms with E-state index in [1.807, 2.05) is 18.2 Å². The molecular formula is C20H28N4O2S. The number of hydrogen-bond acceptors (Lipinski definition) is 5. The molecule has 0 atom stereocenters. The van der Waals surface area contributed by atoms with Crippen LogP contribution in [0.5, 0.6) is 11.5 Å². The van der Waals surface area contributed by atoms with Gasteiger partial charge in [-0.2, -0.15) is 0 Å². The van der Waals surface area contributed by atoms with Gasteiger partial charge in [0.25, 0.3) is 0 Å². The fourth-order valence-corrected chi connectivity index (χ4v) is 3.69. The van der Waals surface area contributed by atoms with E-state index >= 15 is 0 Å². The maximum absolute atomic E-state index is 5.76. The molecule has 0 unspecified atom stereocenters. The Morgan fingerprint density at radius 1 is 1.19 bits per heavy atom. The van der Waals surface area contributed by atoms with Gasteiger partial charge in [0, 0.05) is 30.8 Å². The number of benzene rings is 1. The fraction of sp³-hybridized carbons (Fsp3) is 0.500. The zero-order chi connectivity index (χ0) is 19.1. The molecule has 0 saturated heterocycles. The molecule has 0 fully saturated rings. The van der Waals surface area contributed by atoms with E-state index in [9.17, 15) is 0 Å². The third-order valence-electron chi connectivity index (χ3n) is 4.28. The Balaban J connectivity index is 1.57. The SMILES string of the molecule is CCNC(=NCc1ccc2c(c1)OCCCO2)NCCc1nc(C)c(C)s1. The molecule has 2 heterocycles. The molecule has 0 spiro atoms. The van der Waals surface area contributed by atoms with E-state index in [0.29, 0.717) is 19.8 Å². The molecule has 146 valence electrons. The number of guanidine groups is 1. The van der Waals surface area contributed by atoms with E-state index in [1.165, 1.54) is 4.88 Å². The maximum Gasteiger partial charge on any atom is 0.191 e. The summed E-state index contributed by atoms with van der Waals surface area (Å²) >= 11 is 1.77. The van der Waals surface area contributed by atoms with E-state index in [1.54, 1.807) is 11.3 Å². The van der Waals surface area contributed by atoms with Crippen LogP contribution in [0.4, 0.5) is 0 Å². The number of nitrogens with one attached hydrogen (secondary N) is 2. The number of aromatic nitrogens is 1. The van der Waals surface area contributed by atoms with E-state index in [-0.39, 0.29) is 0 Å². The highest BCUT2D eigenvalue weighted by molar-refractivity contribution is 7.11. The number of hydrogen-bond donors (Lipinski definition) is 2. The number of rotatable bonds is 6. The summed E-state index contributed by atoms with van der Waals surface area (Å²) in [4.78, 5) is 10.6. The first kappa shape index (κ1) is 19.5. The molecule has 1 aliphatic heterocycles. The number of nitrogens with zero attached hydrogens (tertiary/aromatic N) is 2. The van der Waals surface area contributed by atoms with Crippen LogP contribution in [-0.2, 0) is 13.0 Å². The summed E-state index contributed by atoms with van der Waals surface area (Å²) in [5, 5.41) is 7.85. The lowest BCUT2D eigenvalue weighted by Gasteiger charge is -2.11. The predicted octanol–water partition coefficient (Wildman–Crippen LogP) is 3.22. The van der Waals surface area contributed by atoms with Crippen molar-refractivity contribution in [1.82, 2.24) is 15.6 Å². The lowest BCUT2D eigenvalue weighted by molar-refractivity contribution is 0.297. The number of aryl methyl sites for hydroxylation is 2. The molecule has 0 saturated carbocycles. The quantitative estimate of drug-likeness (QED) is 0.587. The molecular weight excluding hydrogens is 360 g/mol. The van der Waals surface area contributed by atoms with Crippen LogP contribution < -0.4 is 20.1 Å². The third kappa shape index (κ3) is 5.60. The van der Waals surface area contributed by atoms with Crippen LogP contribution >= 0.6 is 11.3 Å². The summed E-state index contributed by atoms with van der Waals surface area (Å²) in [5.74, 6) is 2.45. The third-order valence-corrected chi connectivity index (χ3v) is 5.41. The smallest absolute Gasteiger partial charge is 0.191 e. The van der Waals surface area contributed by atoms with Crippen LogP contribution in [-0.4, -0.2) is 37.2 Å². The van der Waals surface area contributed by atoms with Gasteiger partial charge in [-0.1, -0.05) is 6.07 Å². The minimum atomic E-state index is 0.585. The average molecular weight is 389 g/mol. The summed E-state index contributed by atoms with van der Waals surface area (Å²) in [5.41, 5.74) is 2.23. The second kappa shape index (κ2) is 9.60. The summed E-state index contributed by atoms with van der Waals surface area (Å²) in [6.45, 7) is 9.85. The van der Waals surface area contributed by atoms with Crippen molar-refractivity contribution in [3.05, 3.63) is 39.3 Å². The average Bonchev–Trinajstić information content (AvgIpc) is 2.85. The van der Waals surface area contributed by atoms with Gasteiger partial charge in [0.2, 0.25) is 0 Å². The van der Waals surface area contributed by atoms with Crippen molar-refractivity contribution in [3.8, 4) is 11.5 Å². The number of fused-ring (bicyclic) bond motifs is 1. The number of aliphatic imine (C=N–C) groups is 1. The van der Waals surface area contributed by atoms with Crippen LogP contribution in [0.25, 0.3) is 0 Å². The van der Waals surface area contributed by atoms with Gasteiger partial charge in [-0.3, -0.25) is 0 Å². The summed E-state index contributed by atoms with van der Waals surface area (Å²) in [6, 6.07) is 6.04. The normalized spacial score (nSPS) is 14.0. The zero-order valence-corrected chi connectivity index (χ0v) is 17.1. The van der Waals surface area contributed by atoms with Gasteiger partial charge >= 0.3 is 0 Å². The van der Waals surface area contributed by atoms with Gasteiger partial charge in [-0.25, -0.2) is 9.98 Å². The molecule has 6 nitrogen and oxygen atoms in total. The molecule has 3 rings (SSSR count). The molecule has 2 N–H and O–H groups in total. The van der Waals surface area contributed by atoms with Crippen molar-refractivity contribution in [3.63, 3.8) is 0 Å². The van der Waals surface area contributed by atoms with Gasteiger partial charge in [-0.15, -0.1) is 11.3 Å². The molecule has 1 aromatic carbocycles. The molecule has 0 aliphatic carbocycles. The minimum absolute atomic E-state index is 0.585. The Bertz CT molecular complexity index is 769. The highest BCUT2D eigenvalue weighted by atomic mass is 32.1. The van der Waals surface area contributed by atoms with Crippen LogP contribution in [0.2, 0.25) is 0 Å². The number of ether oxygens (including phenoxy) is 2. The highest BCUT2D eigenvalue weighted by Crippen LogP contribution is 2.30. The fourth-order valence-electron chi connectivity index (χ4n) is 2.75.